The van der Waals surface area contributed by atoms with E-state index in [1.54, 1.807) is 12.1 Å². The number of fused-ring (bicyclic) bond motifs is 2. The average Bonchev–Trinajstić information content (AvgIpc) is 3.39. The Morgan fingerprint density at radius 2 is 0.759 bits per heavy atom. The van der Waals surface area contributed by atoms with Crippen LogP contribution in [0.3, 0.4) is 0 Å². The van der Waals surface area contributed by atoms with E-state index in [1.165, 1.54) is 75.3 Å². The second-order valence-electron chi connectivity index (χ2n) is 22.7. The lowest BCUT2D eigenvalue weighted by molar-refractivity contribution is 0.153. The predicted molar refractivity (Wildman–Crippen MR) is 356 cm³/mol. The lowest BCUT2D eigenvalue weighted by Crippen LogP contribution is -2.40. The van der Waals surface area contributed by atoms with Crippen LogP contribution < -0.4 is 0 Å². The number of pyridine rings is 3. The zero-order valence-corrected chi connectivity index (χ0v) is 50.8. The van der Waals surface area contributed by atoms with Crippen LogP contribution in [0.4, 0.5) is 0 Å². The van der Waals surface area contributed by atoms with Crippen molar-refractivity contribution in [2.24, 2.45) is 0 Å². The highest BCUT2D eigenvalue weighted by Gasteiger charge is 2.19. The molecule has 9 heteroatoms. The van der Waals surface area contributed by atoms with Gasteiger partial charge in [0.2, 0.25) is 0 Å². The summed E-state index contributed by atoms with van der Waals surface area (Å²) in [5, 5.41) is 31.8. The molecule has 0 amide bonds. The van der Waals surface area contributed by atoms with E-state index in [1.807, 2.05) is 78.9 Å². The third-order valence-corrected chi connectivity index (χ3v) is 15.3. The van der Waals surface area contributed by atoms with Crippen LogP contribution >= 0.6 is 0 Å². The van der Waals surface area contributed by atoms with E-state index in [-0.39, 0.29) is 17.3 Å². The normalized spacial score (nSPS) is 12.7. The Bertz CT molecular complexity index is 3610. The van der Waals surface area contributed by atoms with Crippen LogP contribution in [0.15, 0.2) is 177 Å². The Morgan fingerprint density at radius 1 is 0.379 bits per heavy atom. The molecule has 8 rings (SSSR count). The fraction of sp³-hybridized carbons (Fsp3) is 0.321. The van der Waals surface area contributed by atoms with Gasteiger partial charge in [0.05, 0.1) is 35.1 Å². The molecule has 7 aromatic rings. The zero-order valence-electron chi connectivity index (χ0n) is 50.8. The lowest BCUT2D eigenvalue weighted by Gasteiger charge is -2.31. The van der Waals surface area contributed by atoms with E-state index < -0.39 is 0 Å². The quantitative estimate of drug-likeness (QED) is 0.0310. The van der Waals surface area contributed by atoms with E-state index in [4.69, 9.17) is 15.0 Å². The van der Waals surface area contributed by atoms with Gasteiger partial charge in [-0.25, -0.2) is 9.97 Å². The minimum atomic E-state index is -0.136. The molecule has 0 saturated heterocycles. The van der Waals surface area contributed by atoms with Crippen molar-refractivity contribution in [1.82, 2.24) is 29.7 Å². The maximum Gasteiger partial charge on any atom is 0.134 e. The van der Waals surface area contributed by atoms with Crippen LogP contribution in [0, 0.1) is 47.4 Å². The van der Waals surface area contributed by atoms with Gasteiger partial charge in [0.1, 0.15) is 22.9 Å². The highest BCUT2D eigenvalue weighted by atomic mass is 16.3. The third-order valence-electron chi connectivity index (χ3n) is 15.3. The van der Waals surface area contributed by atoms with Gasteiger partial charge in [-0.05, 0) is 135 Å². The van der Waals surface area contributed by atoms with Gasteiger partial charge in [0.15, 0.2) is 0 Å². The highest BCUT2D eigenvalue weighted by molar-refractivity contribution is 5.57. The van der Waals surface area contributed by atoms with E-state index in [0.717, 1.165) is 83.6 Å². The van der Waals surface area contributed by atoms with Crippen LogP contribution in [0.25, 0.3) is 11.5 Å². The summed E-state index contributed by atoms with van der Waals surface area (Å²) in [5.74, 6) is 26.5. The van der Waals surface area contributed by atoms with E-state index in [9.17, 15) is 15.3 Å². The van der Waals surface area contributed by atoms with E-state index >= 15 is 0 Å². The molecule has 0 atom stereocenters. The summed E-state index contributed by atoms with van der Waals surface area (Å²) in [4.78, 5) is 21.6. The Kier molecular flexibility index (Phi) is 26.2. The van der Waals surface area contributed by atoms with E-state index in [2.05, 4.69) is 142 Å². The molecule has 4 heterocycles. The number of hydrogen-bond acceptors (Lipinski definition) is 9. The first kappa shape index (κ1) is 64.1. The summed E-state index contributed by atoms with van der Waals surface area (Å²) in [6, 6.07) is 51.1. The number of aryl methyl sites for hydroxylation is 2. The minimum Gasteiger partial charge on any atom is -0.512 e. The van der Waals surface area contributed by atoms with Gasteiger partial charge in [0, 0.05) is 98.6 Å². The number of aromatic nitrogens is 3. The molecule has 0 aliphatic carbocycles. The number of benzene rings is 4. The molecule has 444 valence electrons. The lowest BCUT2D eigenvalue weighted by atomic mass is 10.0. The monoisotopic (exact) mass is 1150 g/mol. The molecule has 9 nitrogen and oxygen atoms in total. The Morgan fingerprint density at radius 3 is 1.21 bits per heavy atom. The molecule has 3 aromatic heterocycles. The molecule has 0 saturated carbocycles. The van der Waals surface area contributed by atoms with Crippen LogP contribution in [0.5, 0.6) is 0 Å². The number of rotatable bonds is 24. The minimum absolute atomic E-state index is 0.0834. The molecule has 2 bridgehead atoms. The molecule has 87 heavy (non-hydrogen) atoms. The third kappa shape index (κ3) is 23.8. The van der Waals surface area contributed by atoms with Gasteiger partial charge >= 0.3 is 0 Å². The first-order valence-electron chi connectivity index (χ1n) is 31.1. The molecule has 4 aromatic carbocycles. The second kappa shape index (κ2) is 35.5. The van der Waals surface area contributed by atoms with Crippen molar-refractivity contribution >= 4 is 11.5 Å². The molecule has 0 radical (unpaired) electrons. The first-order valence-corrected chi connectivity index (χ1v) is 31.1. The molecule has 1 aliphatic heterocycles. The Balaban J connectivity index is 0.890. The van der Waals surface area contributed by atoms with Crippen molar-refractivity contribution in [1.29, 1.82) is 0 Å². The molecule has 3 N–H and O–H groups in total. The van der Waals surface area contributed by atoms with Crippen LogP contribution in [0.1, 0.15) is 169 Å². The second-order valence-corrected chi connectivity index (χ2v) is 22.7. The molecule has 0 spiro atoms. The van der Waals surface area contributed by atoms with Crippen molar-refractivity contribution in [3.05, 3.63) is 256 Å². The van der Waals surface area contributed by atoms with Crippen molar-refractivity contribution in [2.75, 3.05) is 32.7 Å². The fourth-order valence-corrected chi connectivity index (χ4v) is 10.6. The molecular formula is C78H84N6O3. The highest BCUT2D eigenvalue weighted by Crippen LogP contribution is 2.20. The van der Waals surface area contributed by atoms with Gasteiger partial charge < -0.3 is 15.3 Å². The molecule has 0 unspecified atom stereocenters. The number of aliphatic hydroxyl groups is 3. The van der Waals surface area contributed by atoms with Crippen molar-refractivity contribution in [3.8, 4) is 47.4 Å². The molecule has 1 aliphatic rings. The Labute approximate surface area is 518 Å². The van der Waals surface area contributed by atoms with Gasteiger partial charge in [-0.3, -0.25) is 19.7 Å². The van der Waals surface area contributed by atoms with Gasteiger partial charge in [-0.15, -0.1) is 0 Å². The fourth-order valence-electron chi connectivity index (χ4n) is 10.6. The standard InChI is InChI=1S/C78H84N6O3/c1-62(85)57-83-51-49-82(60-75-53-71(55-77(80-75)63(2)86)47-45-69-41-37-67(38-42-69)33-20-14-10-6-4-8-12-18-27-65-29-22-16-23-30-65)50-52-84(59-74-36-26-35-73(58-83)79-74)61-76-54-72(56-78(81-76)64(3)87)48-46-70-43-39-68(40-44-70)34-21-15-11-7-5-9-13-19-28-66-31-24-17-25-32-66/h16-17,22-26,29-32,35-44,53-56,85-87H,1-15,18-19,27-28,49-52,57-61H2. The summed E-state index contributed by atoms with van der Waals surface area (Å²) in [5.41, 5.74) is 11.9. The summed E-state index contributed by atoms with van der Waals surface area (Å²) in [6.07, 6.45) is 18.9. The van der Waals surface area contributed by atoms with Gasteiger partial charge in [-0.1, -0.05) is 185 Å². The van der Waals surface area contributed by atoms with Crippen LogP contribution in [-0.2, 0) is 39.0 Å². The van der Waals surface area contributed by atoms with Crippen molar-refractivity contribution in [2.45, 2.75) is 129 Å². The number of hydrogen-bond donors (Lipinski definition) is 3. The Hall–Kier alpha value is -8.93. The summed E-state index contributed by atoms with van der Waals surface area (Å²) in [6.45, 7) is 16.2. The predicted octanol–water partition coefficient (Wildman–Crippen LogP) is 15.8. The maximum atomic E-state index is 10.7. The maximum absolute atomic E-state index is 10.7. The largest absolute Gasteiger partial charge is 0.512 e. The zero-order chi connectivity index (χ0) is 60.7. The molecule has 0 fully saturated rings. The van der Waals surface area contributed by atoms with Crippen LogP contribution in [-0.4, -0.2) is 77.7 Å². The summed E-state index contributed by atoms with van der Waals surface area (Å²) < 4.78 is 0. The topological polar surface area (TPSA) is 109 Å². The van der Waals surface area contributed by atoms with Gasteiger partial charge in [-0.2, -0.15) is 0 Å². The summed E-state index contributed by atoms with van der Waals surface area (Å²) in [7, 11) is 0. The van der Waals surface area contributed by atoms with Crippen molar-refractivity contribution < 1.29 is 15.3 Å². The number of unbranched alkanes of at least 4 members (excludes halogenated alkanes) is 12. The van der Waals surface area contributed by atoms with Crippen LogP contribution in [0.2, 0.25) is 0 Å². The molecular weight excluding hydrogens is 1070 g/mol. The first-order chi connectivity index (χ1) is 42.5. The van der Waals surface area contributed by atoms with Crippen molar-refractivity contribution in [3.63, 3.8) is 0 Å². The van der Waals surface area contributed by atoms with Gasteiger partial charge in [0.25, 0.3) is 0 Å². The average molecular weight is 1150 g/mol. The number of nitrogens with zero attached hydrogens (tertiary/aromatic N) is 6. The van der Waals surface area contributed by atoms with E-state index in [0.29, 0.717) is 81.4 Å². The smallest absolute Gasteiger partial charge is 0.134 e. The SMILES string of the molecule is C=C(O)CN1CCN(Cc2cc(C#Cc3ccc(C#CCCCCCCCCc4ccccc4)cc3)cc(C(=C)O)n2)CCN(Cc2cc(C#Cc3ccc(C#CCCCCCCCCc4ccccc4)cc3)cc(C(=C)O)n2)Cc2cccc(n2)C1. The number of aliphatic hydroxyl groups excluding tert-OH is 3. The summed E-state index contributed by atoms with van der Waals surface area (Å²) >= 11 is 0.